The molecule has 1 aromatic heterocycles. The van der Waals surface area contributed by atoms with E-state index >= 15 is 0 Å². The number of nitrogens with one attached hydrogen (secondary N) is 1. The van der Waals surface area contributed by atoms with Crippen LogP contribution in [0, 0.1) is 0 Å². The molecule has 3 aromatic rings. The van der Waals surface area contributed by atoms with Gasteiger partial charge in [0, 0.05) is 24.0 Å². The number of halogens is 1. The molecular formula is C18H18ClN3O. The van der Waals surface area contributed by atoms with E-state index in [1.54, 1.807) is 6.20 Å². The summed E-state index contributed by atoms with van der Waals surface area (Å²) in [6.45, 7) is 0.709. The lowest BCUT2D eigenvalue weighted by Gasteiger charge is -2.17. The molecule has 2 N–H and O–H groups in total. The smallest absolute Gasteiger partial charge is 0.0645 e. The summed E-state index contributed by atoms with van der Waals surface area (Å²) >= 11 is 5.90. The average molecular weight is 328 g/mol. The number of aliphatic hydroxyl groups excluding tert-OH is 1. The van der Waals surface area contributed by atoms with Gasteiger partial charge in [-0.25, -0.2) is 4.68 Å². The first-order chi connectivity index (χ1) is 11.3. The van der Waals surface area contributed by atoms with Gasteiger partial charge in [0.1, 0.15) is 0 Å². The number of hydrogen-bond donors (Lipinski definition) is 2. The third-order valence-electron chi connectivity index (χ3n) is 3.71. The lowest BCUT2D eigenvalue weighted by molar-refractivity contribution is 0.243. The third-order valence-corrected chi connectivity index (χ3v) is 3.96. The van der Waals surface area contributed by atoms with E-state index < -0.39 is 0 Å². The lowest BCUT2D eigenvalue weighted by atomic mass is 10.1. The van der Waals surface area contributed by atoms with E-state index in [2.05, 4.69) is 22.5 Å². The highest BCUT2D eigenvalue weighted by Gasteiger charge is 2.09. The van der Waals surface area contributed by atoms with Crippen LogP contribution in [0.5, 0.6) is 0 Å². The molecular weight excluding hydrogens is 310 g/mol. The zero-order chi connectivity index (χ0) is 16.1. The van der Waals surface area contributed by atoms with Crippen molar-refractivity contribution in [1.29, 1.82) is 0 Å². The number of nitrogens with zero attached hydrogens (tertiary/aromatic N) is 2. The summed E-state index contributed by atoms with van der Waals surface area (Å²) < 4.78 is 1.82. The molecule has 0 saturated carbocycles. The summed E-state index contributed by atoms with van der Waals surface area (Å²) in [5, 5.41) is 17.9. The fourth-order valence-corrected chi connectivity index (χ4v) is 2.54. The van der Waals surface area contributed by atoms with E-state index in [1.165, 1.54) is 0 Å². The first-order valence-corrected chi connectivity index (χ1v) is 7.83. The van der Waals surface area contributed by atoms with Gasteiger partial charge in [-0.15, -0.1) is 0 Å². The fraction of sp³-hybridized carbons (Fsp3) is 0.167. The molecule has 1 heterocycles. The Labute approximate surface area is 140 Å². The zero-order valence-electron chi connectivity index (χ0n) is 12.6. The molecule has 2 aromatic carbocycles. The van der Waals surface area contributed by atoms with Crippen molar-refractivity contribution in [1.82, 2.24) is 15.1 Å². The first-order valence-electron chi connectivity index (χ1n) is 7.45. The van der Waals surface area contributed by atoms with Crippen molar-refractivity contribution in [2.75, 3.05) is 6.61 Å². The molecule has 5 heteroatoms. The Bertz CT molecular complexity index is 724. The Kier molecular flexibility index (Phi) is 5.08. The van der Waals surface area contributed by atoms with Crippen LogP contribution >= 0.6 is 11.6 Å². The van der Waals surface area contributed by atoms with Crippen LogP contribution in [0.25, 0.3) is 5.69 Å². The van der Waals surface area contributed by atoms with Gasteiger partial charge in [-0.1, -0.05) is 35.9 Å². The van der Waals surface area contributed by atoms with E-state index in [1.807, 2.05) is 53.3 Å². The van der Waals surface area contributed by atoms with Gasteiger partial charge in [0.25, 0.3) is 0 Å². The number of hydrogen-bond acceptors (Lipinski definition) is 3. The van der Waals surface area contributed by atoms with E-state index in [9.17, 15) is 5.11 Å². The number of aliphatic hydroxyl groups is 1. The van der Waals surface area contributed by atoms with Crippen molar-refractivity contribution in [2.24, 2.45) is 0 Å². The fourth-order valence-electron chi connectivity index (χ4n) is 2.41. The summed E-state index contributed by atoms with van der Waals surface area (Å²) in [4.78, 5) is 0. The van der Waals surface area contributed by atoms with Crippen LogP contribution in [-0.4, -0.2) is 21.5 Å². The number of rotatable bonds is 6. The topological polar surface area (TPSA) is 50.1 Å². The van der Waals surface area contributed by atoms with Gasteiger partial charge in [0.2, 0.25) is 0 Å². The summed E-state index contributed by atoms with van der Waals surface area (Å²) in [6.07, 6.45) is 3.67. The second-order valence-electron chi connectivity index (χ2n) is 5.28. The van der Waals surface area contributed by atoms with Crippen molar-refractivity contribution in [3.63, 3.8) is 0 Å². The maximum Gasteiger partial charge on any atom is 0.0645 e. The third kappa shape index (κ3) is 3.99. The molecule has 0 aliphatic carbocycles. The minimum atomic E-state index is -0.113. The highest BCUT2D eigenvalue weighted by molar-refractivity contribution is 6.30. The van der Waals surface area contributed by atoms with Gasteiger partial charge >= 0.3 is 0 Å². The molecule has 0 amide bonds. The van der Waals surface area contributed by atoms with Gasteiger partial charge in [0.05, 0.1) is 18.3 Å². The van der Waals surface area contributed by atoms with E-state index in [0.717, 1.165) is 16.8 Å². The molecule has 0 saturated heterocycles. The molecule has 3 rings (SSSR count). The summed E-state index contributed by atoms with van der Waals surface area (Å²) in [7, 11) is 0. The van der Waals surface area contributed by atoms with Gasteiger partial charge in [-0.3, -0.25) is 0 Å². The van der Waals surface area contributed by atoms with Crippen LogP contribution in [0.1, 0.15) is 17.2 Å². The second-order valence-corrected chi connectivity index (χ2v) is 5.72. The first kappa shape index (κ1) is 15.7. The Hall–Kier alpha value is -2.14. The van der Waals surface area contributed by atoms with Crippen molar-refractivity contribution in [2.45, 2.75) is 12.6 Å². The monoisotopic (exact) mass is 327 g/mol. The molecule has 0 fully saturated rings. The van der Waals surface area contributed by atoms with Crippen LogP contribution in [0.4, 0.5) is 0 Å². The number of aromatic nitrogens is 2. The van der Waals surface area contributed by atoms with Crippen molar-refractivity contribution in [3.8, 4) is 5.69 Å². The Balaban J connectivity index is 1.63. The Morgan fingerprint density at radius 2 is 1.83 bits per heavy atom. The van der Waals surface area contributed by atoms with E-state index in [4.69, 9.17) is 11.6 Å². The summed E-state index contributed by atoms with van der Waals surface area (Å²) in [5.74, 6) is 0. The molecule has 4 nitrogen and oxygen atoms in total. The van der Waals surface area contributed by atoms with E-state index in [0.29, 0.717) is 11.6 Å². The molecule has 0 spiro atoms. The quantitative estimate of drug-likeness (QED) is 0.730. The minimum Gasteiger partial charge on any atom is -0.394 e. The van der Waals surface area contributed by atoms with Crippen LogP contribution in [0.2, 0.25) is 5.02 Å². The van der Waals surface area contributed by atoms with Crippen LogP contribution in [-0.2, 0) is 6.54 Å². The van der Waals surface area contributed by atoms with Crippen LogP contribution in [0.3, 0.4) is 0 Å². The predicted molar refractivity (Wildman–Crippen MR) is 91.7 cm³/mol. The molecule has 0 aliphatic heterocycles. The van der Waals surface area contributed by atoms with Crippen LogP contribution in [0.15, 0.2) is 67.0 Å². The van der Waals surface area contributed by atoms with Crippen LogP contribution < -0.4 is 5.32 Å². The molecule has 1 atom stereocenters. The standard InChI is InChI=1S/C18H18ClN3O/c19-16-6-4-15(5-7-16)18(13-23)20-12-14-2-8-17(9-3-14)22-11-1-10-21-22/h1-11,18,20,23H,12-13H2. The Morgan fingerprint density at radius 3 is 2.43 bits per heavy atom. The normalized spacial score (nSPS) is 12.3. The lowest BCUT2D eigenvalue weighted by Crippen LogP contribution is -2.23. The van der Waals surface area contributed by atoms with Crippen molar-refractivity contribution in [3.05, 3.63) is 83.1 Å². The molecule has 0 aliphatic rings. The summed E-state index contributed by atoms with van der Waals surface area (Å²) in [6, 6.07) is 17.5. The summed E-state index contributed by atoms with van der Waals surface area (Å²) in [5.41, 5.74) is 3.19. The maximum atomic E-state index is 9.59. The minimum absolute atomic E-state index is 0.0347. The second kappa shape index (κ2) is 7.42. The molecule has 1 unspecified atom stereocenters. The van der Waals surface area contributed by atoms with Gasteiger partial charge < -0.3 is 10.4 Å². The molecule has 0 bridgehead atoms. The van der Waals surface area contributed by atoms with Crippen molar-refractivity contribution < 1.29 is 5.11 Å². The number of benzene rings is 2. The highest BCUT2D eigenvalue weighted by atomic mass is 35.5. The molecule has 118 valence electrons. The highest BCUT2D eigenvalue weighted by Crippen LogP contribution is 2.17. The average Bonchev–Trinajstić information content (AvgIpc) is 3.12. The van der Waals surface area contributed by atoms with Gasteiger partial charge in [0.15, 0.2) is 0 Å². The van der Waals surface area contributed by atoms with E-state index in [-0.39, 0.29) is 12.6 Å². The van der Waals surface area contributed by atoms with Gasteiger partial charge in [-0.2, -0.15) is 5.10 Å². The zero-order valence-corrected chi connectivity index (χ0v) is 13.3. The molecule has 0 radical (unpaired) electrons. The maximum absolute atomic E-state index is 9.59. The predicted octanol–water partition coefficient (Wildman–Crippen LogP) is 3.35. The molecule has 23 heavy (non-hydrogen) atoms. The SMILES string of the molecule is OCC(NCc1ccc(-n2cccn2)cc1)c1ccc(Cl)cc1. The Morgan fingerprint density at radius 1 is 1.09 bits per heavy atom. The van der Waals surface area contributed by atoms with Crippen molar-refractivity contribution >= 4 is 11.6 Å². The largest absolute Gasteiger partial charge is 0.394 e. The van der Waals surface area contributed by atoms with Gasteiger partial charge in [-0.05, 0) is 41.5 Å².